The summed E-state index contributed by atoms with van der Waals surface area (Å²) in [4.78, 5) is 7.12. The summed E-state index contributed by atoms with van der Waals surface area (Å²) in [6.45, 7) is 0. The highest BCUT2D eigenvalue weighted by atomic mass is 19.2. The van der Waals surface area contributed by atoms with Gasteiger partial charge < -0.3 is 9.72 Å². The molecule has 1 saturated carbocycles. The van der Waals surface area contributed by atoms with E-state index >= 15 is 0 Å². The first kappa shape index (κ1) is 15.4. The van der Waals surface area contributed by atoms with Crippen LogP contribution in [0.1, 0.15) is 37.8 Å². The van der Waals surface area contributed by atoms with Gasteiger partial charge in [-0.1, -0.05) is 25.3 Å². The van der Waals surface area contributed by atoms with Crippen LogP contribution in [0.15, 0.2) is 36.6 Å². The van der Waals surface area contributed by atoms with Crippen LogP contribution < -0.4 is 0 Å². The minimum absolute atomic E-state index is 0.286. The zero-order valence-corrected chi connectivity index (χ0v) is 12.5. The molecule has 1 aromatic rings. The van der Waals surface area contributed by atoms with Gasteiger partial charge in [0.05, 0.1) is 24.5 Å². The van der Waals surface area contributed by atoms with Gasteiger partial charge in [-0.15, -0.1) is 0 Å². The van der Waals surface area contributed by atoms with Gasteiger partial charge in [-0.25, -0.2) is 13.8 Å². The molecule has 0 bridgehead atoms. The fourth-order valence-electron chi connectivity index (χ4n) is 3.28. The number of rotatable bonds is 5. The quantitative estimate of drug-likeness (QED) is 0.885. The number of ether oxygens (including phenoxy) is 1. The highest BCUT2D eigenvalue weighted by Gasteiger charge is 2.37. The van der Waals surface area contributed by atoms with Gasteiger partial charge in [-0.05, 0) is 24.8 Å². The summed E-state index contributed by atoms with van der Waals surface area (Å²) in [6.07, 6.45) is 13.9. The number of nitrogens with zero attached hydrogens (tertiary/aromatic N) is 1. The van der Waals surface area contributed by atoms with Crippen LogP contribution in [0.2, 0.25) is 0 Å². The number of alkyl halides is 1. The van der Waals surface area contributed by atoms with Gasteiger partial charge in [0.25, 0.3) is 0 Å². The van der Waals surface area contributed by atoms with E-state index in [1.165, 1.54) is 25.0 Å². The monoisotopic (exact) mass is 307 g/mol. The number of H-pyrrole nitrogens is 1. The molecule has 119 valence electrons. The van der Waals surface area contributed by atoms with Gasteiger partial charge in [0.1, 0.15) is 5.83 Å². The molecule has 0 aromatic carbocycles. The number of nitrogens with one attached hydrogen (secondary N) is 1. The number of hydrogen-bond donors (Lipinski definition) is 1. The zero-order valence-electron chi connectivity index (χ0n) is 12.5. The predicted octanol–water partition coefficient (Wildman–Crippen LogP) is 4.21. The average Bonchev–Trinajstić information content (AvgIpc) is 3.00. The lowest BCUT2D eigenvalue weighted by Crippen LogP contribution is -2.38. The number of hydrogen-bond acceptors (Lipinski definition) is 2. The highest BCUT2D eigenvalue weighted by Crippen LogP contribution is 2.35. The molecule has 1 aromatic heterocycles. The molecular formula is C17H21F2N2O. The summed E-state index contributed by atoms with van der Waals surface area (Å²) < 4.78 is 33.9. The van der Waals surface area contributed by atoms with Crippen LogP contribution in [0.5, 0.6) is 0 Å². The molecule has 1 N–H and O–H groups in total. The van der Waals surface area contributed by atoms with Crippen molar-refractivity contribution in [3.8, 4) is 0 Å². The molecule has 0 aliphatic heterocycles. The second kappa shape index (κ2) is 6.73. The molecule has 3 nitrogen and oxygen atoms in total. The van der Waals surface area contributed by atoms with E-state index in [0.717, 1.165) is 37.5 Å². The van der Waals surface area contributed by atoms with Crippen molar-refractivity contribution in [3.63, 3.8) is 0 Å². The molecule has 1 radical (unpaired) electrons. The molecule has 0 saturated heterocycles. The molecule has 1 fully saturated rings. The predicted molar refractivity (Wildman–Crippen MR) is 80.2 cm³/mol. The van der Waals surface area contributed by atoms with E-state index in [1.54, 1.807) is 12.5 Å². The summed E-state index contributed by atoms with van der Waals surface area (Å²) in [7, 11) is 0. The Morgan fingerprint density at radius 3 is 2.86 bits per heavy atom. The van der Waals surface area contributed by atoms with E-state index in [9.17, 15) is 8.78 Å². The Kier molecular flexibility index (Phi) is 4.71. The molecule has 0 spiro atoms. The lowest BCUT2D eigenvalue weighted by atomic mass is 9.83. The summed E-state index contributed by atoms with van der Waals surface area (Å²) in [5.41, 5.74) is 0.843. The second-order valence-corrected chi connectivity index (χ2v) is 6.07. The number of aromatic amines is 1. The van der Waals surface area contributed by atoms with Crippen molar-refractivity contribution in [2.75, 3.05) is 0 Å². The summed E-state index contributed by atoms with van der Waals surface area (Å²) in [5.74, 6) is -2.49. The Labute approximate surface area is 129 Å². The van der Waals surface area contributed by atoms with Crippen molar-refractivity contribution in [1.29, 1.82) is 0 Å². The van der Waals surface area contributed by atoms with Crippen LogP contribution in [0.4, 0.5) is 8.78 Å². The van der Waals surface area contributed by atoms with Crippen LogP contribution in [0, 0.1) is 12.3 Å². The number of halogens is 2. The Morgan fingerprint density at radius 1 is 1.36 bits per heavy atom. The lowest BCUT2D eigenvalue weighted by Gasteiger charge is -2.35. The molecule has 2 unspecified atom stereocenters. The second-order valence-electron chi connectivity index (χ2n) is 6.07. The van der Waals surface area contributed by atoms with Crippen molar-refractivity contribution in [1.82, 2.24) is 9.97 Å². The maximum Gasteiger partial charge on any atom is 0.238 e. The van der Waals surface area contributed by atoms with Crippen molar-refractivity contribution in [2.24, 2.45) is 5.92 Å². The normalized spacial score (nSPS) is 27.6. The molecule has 2 aliphatic carbocycles. The standard InChI is InChI=1S/C17H21F2N2O/c18-14-7-4-8-17(19,10-14)22-16(9-15-11-20-12-21-15)13-5-2-1-3-6-13/h4,7-8,10-13,16H,1-3,5-6,9H2,(H,20,21). The van der Waals surface area contributed by atoms with Crippen LogP contribution in [0.25, 0.3) is 0 Å². The minimum Gasteiger partial charge on any atom is -0.351 e. The van der Waals surface area contributed by atoms with Gasteiger partial charge >= 0.3 is 0 Å². The number of allylic oxidation sites excluding steroid dienone is 2. The topological polar surface area (TPSA) is 37.9 Å². The number of imidazole rings is 1. The first-order chi connectivity index (χ1) is 10.6. The maximum atomic E-state index is 14.8. The summed E-state index contributed by atoms with van der Waals surface area (Å²) in [6, 6.07) is 0. The smallest absolute Gasteiger partial charge is 0.238 e. The Hall–Kier alpha value is -1.49. The molecule has 5 heteroatoms. The Bertz CT molecular complexity index is 535. The van der Waals surface area contributed by atoms with Crippen LogP contribution in [-0.4, -0.2) is 21.9 Å². The number of aromatic nitrogens is 2. The van der Waals surface area contributed by atoms with Crippen molar-refractivity contribution < 1.29 is 13.5 Å². The molecule has 22 heavy (non-hydrogen) atoms. The maximum absolute atomic E-state index is 14.8. The lowest BCUT2D eigenvalue weighted by molar-refractivity contribution is -0.143. The van der Waals surface area contributed by atoms with Crippen molar-refractivity contribution >= 4 is 0 Å². The zero-order chi connectivity index (χ0) is 15.4. The average molecular weight is 307 g/mol. The van der Waals surface area contributed by atoms with E-state index in [4.69, 9.17) is 4.74 Å². The van der Waals surface area contributed by atoms with Crippen molar-refractivity contribution in [3.05, 3.63) is 48.7 Å². The van der Waals surface area contributed by atoms with Gasteiger partial charge in [-0.3, -0.25) is 0 Å². The van der Waals surface area contributed by atoms with Crippen LogP contribution >= 0.6 is 0 Å². The molecule has 3 rings (SSSR count). The third-order valence-electron chi connectivity index (χ3n) is 4.39. The van der Waals surface area contributed by atoms with Crippen LogP contribution in [0.3, 0.4) is 0 Å². The summed E-state index contributed by atoms with van der Waals surface area (Å²) in [5, 5.41) is 0. The van der Waals surface area contributed by atoms with E-state index in [1.807, 2.05) is 0 Å². The third kappa shape index (κ3) is 3.83. The fourth-order valence-corrected chi connectivity index (χ4v) is 3.28. The van der Waals surface area contributed by atoms with Gasteiger partial charge in [-0.2, -0.15) is 0 Å². The van der Waals surface area contributed by atoms with E-state index in [-0.39, 0.29) is 12.0 Å². The van der Waals surface area contributed by atoms with Gasteiger partial charge in [0.2, 0.25) is 5.85 Å². The van der Waals surface area contributed by atoms with E-state index < -0.39 is 11.7 Å². The first-order valence-electron chi connectivity index (χ1n) is 7.90. The van der Waals surface area contributed by atoms with Crippen molar-refractivity contribution in [2.45, 2.75) is 50.5 Å². The highest BCUT2D eigenvalue weighted by molar-refractivity contribution is 5.28. The van der Waals surface area contributed by atoms with Gasteiger partial charge in [0, 0.05) is 18.7 Å². The van der Waals surface area contributed by atoms with Crippen LogP contribution in [-0.2, 0) is 11.2 Å². The molecule has 2 aliphatic rings. The molecule has 2 atom stereocenters. The summed E-state index contributed by atoms with van der Waals surface area (Å²) >= 11 is 0. The Balaban J connectivity index is 1.74. The Morgan fingerprint density at radius 2 is 2.18 bits per heavy atom. The molecular weight excluding hydrogens is 286 g/mol. The third-order valence-corrected chi connectivity index (χ3v) is 4.39. The SMILES string of the molecule is FC1=CC(F)(OC(Cc2c[nH]cn2)C2CCCCC2)[CH]C=C1. The van der Waals surface area contributed by atoms with Gasteiger partial charge in [0.15, 0.2) is 0 Å². The molecule has 1 heterocycles. The minimum atomic E-state index is -2.17. The molecule has 0 amide bonds. The first-order valence-corrected chi connectivity index (χ1v) is 7.90. The van der Waals surface area contributed by atoms with E-state index in [2.05, 4.69) is 9.97 Å². The fraction of sp³-hybridized carbons (Fsp3) is 0.529. The largest absolute Gasteiger partial charge is 0.351 e. The van der Waals surface area contributed by atoms with E-state index in [0.29, 0.717) is 6.42 Å².